The zero-order valence-corrected chi connectivity index (χ0v) is 12.2. The molecular formula is C13H20N2O4S. The van der Waals surface area contributed by atoms with Gasteiger partial charge in [-0.05, 0) is 24.1 Å². The molecule has 0 aromatic heterocycles. The van der Waals surface area contributed by atoms with E-state index in [1.165, 1.54) is 12.1 Å². The van der Waals surface area contributed by atoms with Crippen LogP contribution < -0.4 is 11.1 Å². The number of aromatic hydroxyl groups is 1. The summed E-state index contributed by atoms with van der Waals surface area (Å²) in [7, 11) is -3.09. The first-order valence-corrected chi connectivity index (χ1v) is 8.18. The van der Waals surface area contributed by atoms with Gasteiger partial charge in [0.2, 0.25) is 5.91 Å². The van der Waals surface area contributed by atoms with E-state index in [2.05, 4.69) is 5.32 Å². The molecule has 0 aliphatic heterocycles. The second-order valence-electron chi connectivity index (χ2n) is 4.50. The van der Waals surface area contributed by atoms with Crippen molar-refractivity contribution in [3.63, 3.8) is 0 Å². The maximum Gasteiger partial charge on any atom is 0.237 e. The van der Waals surface area contributed by atoms with Crippen molar-refractivity contribution in [3.05, 3.63) is 29.8 Å². The van der Waals surface area contributed by atoms with Gasteiger partial charge in [-0.25, -0.2) is 8.42 Å². The molecule has 112 valence electrons. The van der Waals surface area contributed by atoms with Crippen molar-refractivity contribution in [2.75, 3.05) is 18.1 Å². The lowest BCUT2D eigenvalue weighted by Gasteiger charge is -2.12. The van der Waals surface area contributed by atoms with E-state index in [1.54, 1.807) is 19.1 Å². The number of phenolic OH excluding ortho intramolecular Hbond substituents is 1. The van der Waals surface area contributed by atoms with Crippen molar-refractivity contribution in [3.8, 4) is 5.75 Å². The maximum atomic E-state index is 11.7. The minimum Gasteiger partial charge on any atom is -0.508 e. The molecule has 1 aromatic carbocycles. The molecular weight excluding hydrogens is 280 g/mol. The predicted octanol–water partition coefficient (Wildman–Crippen LogP) is -0.187. The number of carbonyl (C=O) groups excluding carboxylic acids is 1. The van der Waals surface area contributed by atoms with Crippen molar-refractivity contribution in [1.29, 1.82) is 0 Å². The van der Waals surface area contributed by atoms with Crippen LogP contribution in [0.3, 0.4) is 0 Å². The Hall–Kier alpha value is -1.60. The van der Waals surface area contributed by atoms with Gasteiger partial charge in [0.1, 0.15) is 5.75 Å². The molecule has 7 heteroatoms. The number of rotatable bonds is 7. The van der Waals surface area contributed by atoms with E-state index < -0.39 is 15.9 Å². The van der Waals surface area contributed by atoms with Crippen LogP contribution in [0, 0.1) is 0 Å². The fourth-order valence-corrected chi connectivity index (χ4v) is 2.29. The molecule has 0 spiro atoms. The van der Waals surface area contributed by atoms with Gasteiger partial charge in [0.15, 0.2) is 9.84 Å². The van der Waals surface area contributed by atoms with E-state index in [0.717, 1.165) is 5.56 Å². The minimum atomic E-state index is -3.09. The van der Waals surface area contributed by atoms with Crippen molar-refractivity contribution in [2.45, 2.75) is 19.4 Å². The minimum absolute atomic E-state index is 0.0580. The van der Waals surface area contributed by atoms with Gasteiger partial charge in [0.25, 0.3) is 0 Å². The van der Waals surface area contributed by atoms with Crippen LogP contribution in [0.15, 0.2) is 24.3 Å². The molecule has 4 N–H and O–H groups in total. The first-order chi connectivity index (χ1) is 9.34. The number of phenols is 1. The molecule has 1 aromatic rings. The van der Waals surface area contributed by atoms with E-state index in [-0.39, 0.29) is 29.7 Å². The second-order valence-corrected chi connectivity index (χ2v) is 6.98. The lowest BCUT2D eigenvalue weighted by Crippen LogP contribution is -2.43. The molecule has 1 rings (SSSR count). The summed E-state index contributed by atoms with van der Waals surface area (Å²) in [6.45, 7) is 1.63. The van der Waals surface area contributed by atoms with Crippen LogP contribution in [0.2, 0.25) is 0 Å². The van der Waals surface area contributed by atoms with Crippen molar-refractivity contribution >= 4 is 15.7 Å². The Morgan fingerprint density at radius 3 is 2.50 bits per heavy atom. The largest absolute Gasteiger partial charge is 0.508 e. The van der Waals surface area contributed by atoms with Crippen molar-refractivity contribution in [1.82, 2.24) is 5.32 Å². The van der Waals surface area contributed by atoms with Crippen LogP contribution >= 0.6 is 0 Å². The smallest absolute Gasteiger partial charge is 0.237 e. The molecule has 0 saturated heterocycles. The van der Waals surface area contributed by atoms with Crippen LogP contribution in [-0.2, 0) is 21.1 Å². The lowest BCUT2D eigenvalue weighted by molar-refractivity contribution is -0.122. The molecule has 20 heavy (non-hydrogen) atoms. The zero-order valence-electron chi connectivity index (χ0n) is 11.4. The zero-order chi connectivity index (χ0) is 15.2. The van der Waals surface area contributed by atoms with Gasteiger partial charge in [-0.1, -0.05) is 19.1 Å². The second kappa shape index (κ2) is 7.25. The number of nitrogens with two attached hydrogens (primary N) is 1. The van der Waals surface area contributed by atoms with Crippen molar-refractivity contribution < 1.29 is 18.3 Å². The van der Waals surface area contributed by atoms with Crippen molar-refractivity contribution in [2.24, 2.45) is 5.73 Å². The van der Waals surface area contributed by atoms with Crippen LogP contribution in [0.25, 0.3) is 0 Å². The highest BCUT2D eigenvalue weighted by molar-refractivity contribution is 7.91. The van der Waals surface area contributed by atoms with E-state index >= 15 is 0 Å². The first kappa shape index (κ1) is 16.5. The highest BCUT2D eigenvalue weighted by atomic mass is 32.2. The summed E-state index contributed by atoms with van der Waals surface area (Å²) in [4.78, 5) is 11.7. The molecule has 1 atom stereocenters. The number of carbonyl (C=O) groups is 1. The average Bonchev–Trinajstić information content (AvgIpc) is 2.41. The molecule has 0 aliphatic carbocycles. The molecule has 0 bridgehead atoms. The number of sulfone groups is 1. The summed E-state index contributed by atoms with van der Waals surface area (Å²) in [6, 6.07) is 5.67. The molecule has 0 aliphatic rings. The molecule has 0 radical (unpaired) electrons. The Balaban J connectivity index is 2.41. The molecule has 6 nitrogen and oxygen atoms in total. The van der Waals surface area contributed by atoms with E-state index in [1.807, 2.05) is 0 Å². The summed E-state index contributed by atoms with van der Waals surface area (Å²) in [5, 5.41) is 11.7. The fraction of sp³-hybridized carbons (Fsp3) is 0.462. The number of amides is 1. The Morgan fingerprint density at radius 2 is 1.95 bits per heavy atom. The topological polar surface area (TPSA) is 109 Å². The Labute approximate surface area is 118 Å². The highest BCUT2D eigenvalue weighted by Crippen LogP contribution is 2.10. The van der Waals surface area contributed by atoms with Gasteiger partial charge in [0.05, 0.1) is 11.8 Å². The molecule has 0 saturated carbocycles. The number of hydrogen-bond acceptors (Lipinski definition) is 5. The van der Waals surface area contributed by atoms with Gasteiger partial charge in [-0.3, -0.25) is 4.79 Å². The number of benzene rings is 1. The van der Waals surface area contributed by atoms with Gasteiger partial charge in [-0.15, -0.1) is 0 Å². The number of hydrogen-bond donors (Lipinski definition) is 3. The predicted molar refractivity (Wildman–Crippen MR) is 77.1 cm³/mol. The summed E-state index contributed by atoms with van der Waals surface area (Å²) in [6.07, 6.45) is 0.326. The van der Waals surface area contributed by atoms with Gasteiger partial charge < -0.3 is 16.2 Å². The van der Waals surface area contributed by atoms with Crippen LogP contribution in [-0.4, -0.2) is 43.5 Å². The fourth-order valence-electron chi connectivity index (χ4n) is 1.58. The molecule has 0 fully saturated rings. The molecule has 0 heterocycles. The first-order valence-electron chi connectivity index (χ1n) is 6.35. The third kappa shape index (κ3) is 5.58. The summed E-state index contributed by atoms with van der Waals surface area (Å²) in [5.41, 5.74) is 6.57. The number of nitrogens with one attached hydrogen (secondary N) is 1. The quantitative estimate of drug-likeness (QED) is 0.647. The van der Waals surface area contributed by atoms with Gasteiger partial charge in [0, 0.05) is 12.3 Å². The third-order valence-corrected chi connectivity index (χ3v) is 4.59. The van der Waals surface area contributed by atoms with Crippen LogP contribution in [0.4, 0.5) is 0 Å². The van der Waals surface area contributed by atoms with E-state index in [0.29, 0.717) is 6.42 Å². The average molecular weight is 300 g/mol. The van der Waals surface area contributed by atoms with Gasteiger partial charge in [-0.2, -0.15) is 0 Å². The Morgan fingerprint density at radius 1 is 1.35 bits per heavy atom. The lowest BCUT2D eigenvalue weighted by atomic mass is 10.1. The third-order valence-electron chi connectivity index (χ3n) is 2.88. The SMILES string of the molecule is CCS(=O)(=O)CCNC(=O)C(N)Cc1ccc(O)cc1. The molecule has 1 unspecified atom stereocenters. The summed E-state index contributed by atoms with van der Waals surface area (Å²) >= 11 is 0. The van der Waals surface area contributed by atoms with Crippen LogP contribution in [0.5, 0.6) is 5.75 Å². The Kier molecular flexibility index (Phi) is 5.97. The summed E-state index contributed by atoms with van der Waals surface area (Å²) < 4.78 is 22.5. The van der Waals surface area contributed by atoms with E-state index in [9.17, 15) is 13.2 Å². The van der Waals surface area contributed by atoms with Crippen LogP contribution in [0.1, 0.15) is 12.5 Å². The van der Waals surface area contributed by atoms with Gasteiger partial charge >= 0.3 is 0 Å². The molecule has 1 amide bonds. The summed E-state index contributed by atoms with van der Waals surface area (Å²) in [5.74, 6) is -0.259. The monoisotopic (exact) mass is 300 g/mol. The van der Waals surface area contributed by atoms with E-state index in [4.69, 9.17) is 10.8 Å². The standard InChI is InChI=1S/C13H20N2O4S/c1-2-20(18,19)8-7-15-13(17)12(14)9-10-3-5-11(16)6-4-10/h3-6,12,16H,2,7-9,14H2,1H3,(H,15,17). The normalized spacial score (nSPS) is 12.9. The highest BCUT2D eigenvalue weighted by Gasteiger charge is 2.15. The maximum absolute atomic E-state index is 11.7. The Bertz CT molecular complexity index is 540.